The lowest BCUT2D eigenvalue weighted by Crippen LogP contribution is -2.53. The van der Waals surface area contributed by atoms with Gasteiger partial charge in [-0.05, 0) is 50.4 Å². The van der Waals surface area contributed by atoms with Crippen molar-refractivity contribution in [1.29, 1.82) is 0 Å². The van der Waals surface area contributed by atoms with Crippen LogP contribution in [-0.2, 0) is 4.79 Å². The Bertz CT molecular complexity index is 265. The van der Waals surface area contributed by atoms with Gasteiger partial charge in [-0.2, -0.15) is 0 Å². The first-order valence-electron chi connectivity index (χ1n) is 7.05. The fourth-order valence-electron chi connectivity index (χ4n) is 2.94. The molecule has 1 amide bonds. The van der Waals surface area contributed by atoms with Crippen molar-refractivity contribution < 1.29 is 9.90 Å². The lowest BCUT2D eigenvalue weighted by Gasteiger charge is -2.39. The van der Waals surface area contributed by atoms with Crippen LogP contribution in [0.3, 0.4) is 0 Å². The molecule has 0 atom stereocenters. The molecule has 0 aromatic heterocycles. The molecule has 0 unspecified atom stereocenters. The number of amides is 1. The van der Waals surface area contributed by atoms with Gasteiger partial charge in [-0.3, -0.25) is 4.79 Å². The van der Waals surface area contributed by atoms with Crippen molar-refractivity contribution in [3.8, 4) is 0 Å². The Morgan fingerprint density at radius 1 is 1.29 bits per heavy atom. The van der Waals surface area contributed by atoms with Crippen LogP contribution in [0.4, 0.5) is 0 Å². The SMILES string of the molecule is CC1CCC(CO)(NC(=O)CC2CCC2)CC1. The van der Waals surface area contributed by atoms with Crippen LogP contribution < -0.4 is 5.32 Å². The average Bonchev–Trinajstić information content (AvgIpc) is 2.27. The third-order valence-electron chi connectivity index (χ3n) is 4.64. The summed E-state index contributed by atoms with van der Waals surface area (Å²) >= 11 is 0. The topological polar surface area (TPSA) is 49.3 Å². The Labute approximate surface area is 104 Å². The molecule has 0 spiro atoms. The van der Waals surface area contributed by atoms with Gasteiger partial charge in [0.05, 0.1) is 12.1 Å². The Kier molecular flexibility index (Phi) is 4.08. The second-order valence-electron chi connectivity index (χ2n) is 6.17. The zero-order valence-electron chi connectivity index (χ0n) is 10.9. The van der Waals surface area contributed by atoms with E-state index in [1.807, 2.05) is 0 Å². The highest BCUT2D eigenvalue weighted by atomic mass is 16.3. The minimum Gasteiger partial charge on any atom is -0.394 e. The standard InChI is InChI=1S/C14H25NO2/c1-11-5-7-14(10-16,8-6-11)15-13(17)9-12-3-2-4-12/h11-12,16H,2-10H2,1H3,(H,15,17). The third kappa shape index (κ3) is 3.21. The molecule has 2 aliphatic carbocycles. The highest BCUT2D eigenvalue weighted by Gasteiger charge is 2.35. The number of hydrogen-bond donors (Lipinski definition) is 2. The Morgan fingerprint density at radius 2 is 1.94 bits per heavy atom. The van der Waals surface area contributed by atoms with E-state index >= 15 is 0 Å². The number of rotatable bonds is 4. The molecule has 0 heterocycles. The molecule has 2 aliphatic rings. The first kappa shape index (κ1) is 12.9. The van der Waals surface area contributed by atoms with Gasteiger partial charge in [-0.15, -0.1) is 0 Å². The molecule has 0 aromatic rings. The lowest BCUT2D eigenvalue weighted by molar-refractivity contribution is -0.125. The van der Waals surface area contributed by atoms with Crippen LogP contribution in [0.25, 0.3) is 0 Å². The van der Waals surface area contributed by atoms with Crippen LogP contribution in [-0.4, -0.2) is 23.2 Å². The highest BCUT2D eigenvalue weighted by molar-refractivity contribution is 5.77. The van der Waals surface area contributed by atoms with E-state index in [4.69, 9.17) is 0 Å². The quantitative estimate of drug-likeness (QED) is 0.790. The van der Waals surface area contributed by atoms with Crippen molar-refractivity contribution in [3.05, 3.63) is 0 Å². The normalized spacial score (nSPS) is 34.1. The fourth-order valence-corrected chi connectivity index (χ4v) is 2.94. The molecule has 2 fully saturated rings. The van der Waals surface area contributed by atoms with Gasteiger partial charge in [0.25, 0.3) is 0 Å². The number of nitrogens with one attached hydrogen (secondary N) is 1. The second-order valence-corrected chi connectivity index (χ2v) is 6.17. The highest BCUT2D eigenvalue weighted by Crippen LogP contribution is 2.33. The predicted molar refractivity (Wildman–Crippen MR) is 67.5 cm³/mol. The van der Waals surface area contributed by atoms with E-state index in [1.54, 1.807) is 0 Å². The number of aliphatic hydroxyl groups is 1. The predicted octanol–water partition coefficient (Wildman–Crippen LogP) is 2.23. The van der Waals surface area contributed by atoms with Crippen LogP contribution >= 0.6 is 0 Å². The molecular formula is C14H25NO2. The van der Waals surface area contributed by atoms with Crippen molar-refractivity contribution in [1.82, 2.24) is 5.32 Å². The van der Waals surface area contributed by atoms with Gasteiger partial charge in [-0.25, -0.2) is 0 Å². The Morgan fingerprint density at radius 3 is 2.41 bits per heavy atom. The summed E-state index contributed by atoms with van der Waals surface area (Å²) < 4.78 is 0. The minimum absolute atomic E-state index is 0.0934. The number of carbonyl (C=O) groups excluding carboxylic acids is 1. The van der Waals surface area contributed by atoms with E-state index in [2.05, 4.69) is 12.2 Å². The molecule has 2 N–H and O–H groups in total. The maximum atomic E-state index is 11.9. The van der Waals surface area contributed by atoms with Gasteiger partial charge in [0, 0.05) is 6.42 Å². The Hall–Kier alpha value is -0.570. The van der Waals surface area contributed by atoms with E-state index in [0.717, 1.165) is 31.6 Å². The molecule has 98 valence electrons. The summed E-state index contributed by atoms with van der Waals surface area (Å²) in [5.41, 5.74) is -0.312. The minimum atomic E-state index is -0.312. The molecule has 0 radical (unpaired) electrons. The molecule has 17 heavy (non-hydrogen) atoms. The van der Waals surface area contributed by atoms with E-state index < -0.39 is 0 Å². The number of carbonyl (C=O) groups is 1. The van der Waals surface area contributed by atoms with Crippen molar-refractivity contribution in [2.24, 2.45) is 11.8 Å². The molecule has 0 bridgehead atoms. The number of hydrogen-bond acceptors (Lipinski definition) is 2. The molecule has 0 saturated heterocycles. The van der Waals surface area contributed by atoms with Gasteiger partial charge < -0.3 is 10.4 Å². The molecule has 0 aliphatic heterocycles. The first-order chi connectivity index (χ1) is 8.13. The first-order valence-corrected chi connectivity index (χ1v) is 7.05. The van der Waals surface area contributed by atoms with Crippen molar-refractivity contribution in [2.75, 3.05) is 6.61 Å². The van der Waals surface area contributed by atoms with Gasteiger partial charge in [0.15, 0.2) is 0 Å². The molecule has 3 nitrogen and oxygen atoms in total. The summed E-state index contributed by atoms with van der Waals surface area (Å²) in [4.78, 5) is 11.9. The molecule has 2 saturated carbocycles. The average molecular weight is 239 g/mol. The summed E-state index contributed by atoms with van der Waals surface area (Å²) in [6, 6.07) is 0. The van der Waals surface area contributed by atoms with Crippen molar-refractivity contribution in [3.63, 3.8) is 0 Å². The lowest BCUT2D eigenvalue weighted by atomic mass is 9.77. The monoisotopic (exact) mass is 239 g/mol. The number of aliphatic hydroxyl groups excluding tert-OH is 1. The van der Waals surface area contributed by atoms with E-state index in [0.29, 0.717) is 12.3 Å². The summed E-state index contributed by atoms with van der Waals surface area (Å²) in [7, 11) is 0. The van der Waals surface area contributed by atoms with Gasteiger partial charge >= 0.3 is 0 Å². The van der Waals surface area contributed by atoms with E-state index in [-0.39, 0.29) is 18.1 Å². The Balaban J connectivity index is 1.83. The maximum Gasteiger partial charge on any atom is 0.220 e. The van der Waals surface area contributed by atoms with E-state index in [1.165, 1.54) is 19.3 Å². The molecule has 0 aromatic carbocycles. The van der Waals surface area contributed by atoms with Crippen LogP contribution in [0.1, 0.15) is 58.3 Å². The van der Waals surface area contributed by atoms with Crippen molar-refractivity contribution >= 4 is 5.91 Å². The molecular weight excluding hydrogens is 214 g/mol. The van der Waals surface area contributed by atoms with Gasteiger partial charge in [0.2, 0.25) is 5.91 Å². The van der Waals surface area contributed by atoms with E-state index in [9.17, 15) is 9.90 Å². The summed E-state index contributed by atoms with van der Waals surface area (Å²) in [6.45, 7) is 2.34. The molecule has 2 rings (SSSR count). The molecule has 3 heteroatoms. The third-order valence-corrected chi connectivity index (χ3v) is 4.64. The smallest absolute Gasteiger partial charge is 0.220 e. The fraction of sp³-hybridized carbons (Fsp3) is 0.929. The zero-order chi connectivity index (χ0) is 12.3. The van der Waals surface area contributed by atoms with Crippen molar-refractivity contribution in [2.45, 2.75) is 63.8 Å². The van der Waals surface area contributed by atoms with Crippen LogP contribution in [0, 0.1) is 11.8 Å². The summed E-state index contributed by atoms with van der Waals surface area (Å²) in [6.07, 6.45) is 8.45. The second kappa shape index (κ2) is 5.38. The zero-order valence-corrected chi connectivity index (χ0v) is 10.9. The van der Waals surface area contributed by atoms with Crippen LogP contribution in [0.5, 0.6) is 0 Å². The van der Waals surface area contributed by atoms with Gasteiger partial charge in [0.1, 0.15) is 0 Å². The largest absolute Gasteiger partial charge is 0.394 e. The maximum absolute atomic E-state index is 11.9. The summed E-state index contributed by atoms with van der Waals surface area (Å²) in [5.74, 6) is 1.49. The van der Waals surface area contributed by atoms with Crippen LogP contribution in [0.15, 0.2) is 0 Å². The summed E-state index contributed by atoms with van der Waals surface area (Å²) in [5, 5.41) is 12.7. The van der Waals surface area contributed by atoms with Crippen LogP contribution in [0.2, 0.25) is 0 Å². The van der Waals surface area contributed by atoms with Gasteiger partial charge in [-0.1, -0.05) is 13.3 Å².